The molecule has 0 radical (unpaired) electrons. The van der Waals surface area contributed by atoms with Crippen LogP contribution in [-0.4, -0.2) is 33.1 Å². The number of benzene rings is 1. The number of nitrogens with zero attached hydrogens (tertiary/aromatic N) is 2. The van der Waals surface area contributed by atoms with E-state index in [0.29, 0.717) is 23.6 Å². The summed E-state index contributed by atoms with van der Waals surface area (Å²) < 4.78 is 0.654. The van der Waals surface area contributed by atoms with Gasteiger partial charge in [0.25, 0.3) is 5.56 Å². The van der Waals surface area contributed by atoms with Gasteiger partial charge in [0.2, 0.25) is 0 Å². The molecule has 1 aromatic carbocycles. The van der Waals surface area contributed by atoms with Crippen LogP contribution in [0.15, 0.2) is 40.5 Å². The standard InChI is InChI=1S/C18H21N3O2S/c1-3-21(10-15(22)13-6-4-12(2)5-7-13)11-16-19-14-8-9-24-17(14)18(23)20-16/h4-9,15,22H,3,10-11H2,1-2H3,(H,19,20,23). The van der Waals surface area contributed by atoms with Gasteiger partial charge in [0.15, 0.2) is 0 Å². The summed E-state index contributed by atoms with van der Waals surface area (Å²) in [6, 6.07) is 9.75. The lowest BCUT2D eigenvalue weighted by Gasteiger charge is -2.23. The largest absolute Gasteiger partial charge is 0.387 e. The van der Waals surface area contributed by atoms with Crippen molar-refractivity contribution >= 4 is 21.6 Å². The number of thiophene rings is 1. The molecule has 0 bridgehead atoms. The molecule has 24 heavy (non-hydrogen) atoms. The summed E-state index contributed by atoms with van der Waals surface area (Å²) in [6.45, 7) is 5.81. The second kappa shape index (κ2) is 7.25. The van der Waals surface area contributed by atoms with Crippen molar-refractivity contribution in [3.05, 3.63) is 63.0 Å². The topological polar surface area (TPSA) is 69.2 Å². The third-order valence-electron chi connectivity index (χ3n) is 4.08. The van der Waals surface area contributed by atoms with Gasteiger partial charge >= 0.3 is 0 Å². The fourth-order valence-corrected chi connectivity index (χ4v) is 3.38. The van der Waals surface area contributed by atoms with Gasteiger partial charge in [0, 0.05) is 6.54 Å². The average Bonchev–Trinajstić information content (AvgIpc) is 3.03. The highest BCUT2D eigenvalue weighted by atomic mass is 32.1. The van der Waals surface area contributed by atoms with E-state index in [1.807, 2.05) is 49.6 Å². The van der Waals surface area contributed by atoms with Gasteiger partial charge in [-0.25, -0.2) is 4.98 Å². The lowest BCUT2D eigenvalue weighted by atomic mass is 10.1. The highest BCUT2D eigenvalue weighted by Gasteiger charge is 2.14. The maximum Gasteiger partial charge on any atom is 0.268 e. The molecular formula is C18H21N3O2S. The van der Waals surface area contributed by atoms with Crippen molar-refractivity contribution in [1.29, 1.82) is 0 Å². The Morgan fingerprint density at radius 3 is 2.75 bits per heavy atom. The Labute approximate surface area is 144 Å². The minimum atomic E-state index is -0.567. The third-order valence-corrected chi connectivity index (χ3v) is 4.98. The molecule has 0 amide bonds. The van der Waals surface area contributed by atoms with E-state index >= 15 is 0 Å². The monoisotopic (exact) mass is 343 g/mol. The minimum Gasteiger partial charge on any atom is -0.387 e. The SMILES string of the molecule is CCN(Cc1nc2ccsc2c(=O)[nH]1)CC(O)c1ccc(C)cc1. The number of rotatable bonds is 6. The summed E-state index contributed by atoms with van der Waals surface area (Å²) in [5.41, 5.74) is 2.70. The van der Waals surface area contributed by atoms with Crippen LogP contribution in [0, 0.1) is 6.92 Å². The quantitative estimate of drug-likeness (QED) is 0.722. The van der Waals surface area contributed by atoms with Crippen LogP contribution < -0.4 is 5.56 Å². The van der Waals surface area contributed by atoms with Crippen molar-refractivity contribution in [2.24, 2.45) is 0 Å². The van der Waals surface area contributed by atoms with Crippen molar-refractivity contribution in [2.45, 2.75) is 26.5 Å². The summed E-state index contributed by atoms with van der Waals surface area (Å²) in [4.78, 5) is 21.5. The second-order valence-electron chi connectivity index (χ2n) is 5.90. The van der Waals surface area contributed by atoms with E-state index in [9.17, 15) is 9.90 Å². The summed E-state index contributed by atoms with van der Waals surface area (Å²) in [5, 5.41) is 12.3. The Balaban J connectivity index is 1.73. The molecule has 6 heteroatoms. The molecule has 1 atom stereocenters. The van der Waals surface area contributed by atoms with Gasteiger partial charge in [0.1, 0.15) is 10.5 Å². The summed E-state index contributed by atoms with van der Waals surface area (Å²) in [6.07, 6.45) is -0.567. The number of aliphatic hydroxyl groups excluding tert-OH is 1. The Morgan fingerprint density at radius 1 is 1.29 bits per heavy atom. The molecular weight excluding hydrogens is 322 g/mol. The minimum absolute atomic E-state index is 0.0971. The van der Waals surface area contributed by atoms with Gasteiger partial charge in [-0.05, 0) is 30.5 Å². The predicted octanol–water partition coefficient (Wildman–Crippen LogP) is 2.85. The molecule has 0 saturated heterocycles. The molecule has 0 saturated carbocycles. The normalized spacial score (nSPS) is 12.8. The number of fused-ring (bicyclic) bond motifs is 1. The van der Waals surface area contributed by atoms with Crippen LogP contribution in [0.3, 0.4) is 0 Å². The van der Waals surface area contributed by atoms with Gasteiger partial charge in [0.05, 0.1) is 18.2 Å². The number of aryl methyl sites for hydroxylation is 1. The summed E-state index contributed by atoms with van der Waals surface area (Å²) in [7, 11) is 0. The highest BCUT2D eigenvalue weighted by molar-refractivity contribution is 7.17. The van der Waals surface area contributed by atoms with Crippen molar-refractivity contribution in [3.63, 3.8) is 0 Å². The van der Waals surface area contributed by atoms with E-state index < -0.39 is 6.10 Å². The van der Waals surface area contributed by atoms with Crippen LogP contribution in [0.4, 0.5) is 0 Å². The van der Waals surface area contributed by atoms with Crippen LogP contribution >= 0.6 is 11.3 Å². The molecule has 0 fully saturated rings. The molecule has 2 N–H and O–H groups in total. The van der Waals surface area contributed by atoms with E-state index in [2.05, 4.69) is 14.9 Å². The molecule has 3 aromatic rings. The Bertz CT molecular complexity index is 870. The van der Waals surface area contributed by atoms with Crippen LogP contribution in [0.1, 0.15) is 30.0 Å². The van der Waals surface area contributed by atoms with Gasteiger partial charge in [-0.3, -0.25) is 9.69 Å². The molecule has 3 rings (SSSR count). The predicted molar refractivity (Wildman–Crippen MR) is 97.3 cm³/mol. The zero-order valence-electron chi connectivity index (χ0n) is 13.8. The number of H-pyrrole nitrogens is 1. The van der Waals surface area contributed by atoms with E-state index in [1.54, 1.807) is 0 Å². The number of hydrogen-bond acceptors (Lipinski definition) is 5. The molecule has 126 valence electrons. The maximum absolute atomic E-state index is 12.1. The number of aromatic amines is 1. The number of aliphatic hydroxyl groups is 1. The van der Waals surface area contributed by atoms with Crippen molar-refractivity contribution in [1.82, 2.24) is 14.9 Å². The lowest BCUT2D eigenvalue weighted by molar-refractivity contribution is 0.111. The first-order valence-corrected chi connectivity index (χ1v) is 8.88. The maximum atomic E-state index is 12.1. The van der Waals surface area contributed by atoms with Gasteiger partial charge in [-0.1, -0.05) is 36.8 Å². The third kappa shape index (κ3) is 3.72. The fraction of sp³-hybridized carbons (Fsp3) is 0.333. The molecule has 0 aliphatic carbocycles. The zero-order chi connectivity index (χ0) is 17.1. The molecule has 0 aliphatic rings. The summed E-state index contributed by atoms with van der Waals surface area (Å²) in [5.74, 6) is 0.629. The zero-order valence-corrected chi connectivity index (χ0v) is 14.6. The number of aromatic nitrogens is 2. The lowest BCUT2D eigenvalue weighted by Crippen LogP contribution is -2.29. The molecule has 5 nitrogen and oxygen atoms in total. The number of likely N-dealkylation sites (N-methyl/N-ethyl adjacent to an activating group) is 1. The van der Waals surface area contributed by atoms with Crippen molar-refractivity contribution < 1.29 is 5.11 Å². The molecule has 0 aliphatic heterocycles. The van der Waals surface area contributed by atoms with Gasteiger partial charge < -0.3 is 10.1 Å². The number of nitrogens with one attached hydrogen (secondary N) is 1. The highest BCUT2D eigenvalue weighted by Crippen LogP contribution is 2.17. The average molecular weight is 343 g/mol. The molecule has 2 aromatic heterocycles. The Hall–Kier alpha value is -2.02. The second-order valence-corrected chi connectivity index (χ2v) is 6.82. The van der Waals surface area contributed by atoms with E-state index in [-0.39, 0.29) is 5.56 Å². The Kier molecular flexibility index (Phi) is 5.08. The van der Waals surface area contributed by atoms with Crippen LogP contribution in [0.25, 0.3) is 10.2 Å². The Morgan fingerprint density at radius 2 is 2.04 bits per heavy atom. The summed E-state index contributed by atoms with van der Waals surface area (Å²) >= 11 is 1.40. The first-order chi connectivity index (χ1) is 11.6. The van der Waals surface area contributed by atoms with E-state index in [1.165, 1.54) is 16.9 Å². The smallest absolute Gasteiger partial charge is 0.268 e. The number of hydrogen-bond donors (Lipinski definition) is 2. The van der Waals surface area contributed by atoms with Crippen LogP contribution in [0.5, 0.6) is 0 Å². The molecule has 2 heterocycles. The van der Waals surface area contributed by atoms with Crippen molar-refractivity contribution in [2.75, 3.05) is 13.1 Å². The van der Waals surface area contributed by atoms with E-state index in [4.69, 9.17) is 0 Å². The van der Waals surface area contributed by atoms with Crippen LogP contribution in [0.2, 0.25) is 0 Å². The van der Waals surface area contributed by atoms with E-state index in [0.717, 1.165) is 17.6 Å². The van der Waals surface area contributed by atoms with Crippen LogP contribution in [-0.2, 0) is 6.54 Å². The van der Waals surface area contributed by atoms with Crippen molar-refractivity contribution in [3.8, 4) is 0 Å². The first-order valence-electron chi connectivity index (χ1n) is 8.00. The molecule has 1 unspecified atom stereocenters. The first kappa shape index (κ1) is 16.8. The van der Waals surface area contributed by atoms with Gasteiger partial charge in [-0.2, -0.15) is 0 Å². The molecule has 0 spiro atoms. The fourth-order valence-electron chi connectivity index (χ4n) is 2.65. The van der Waals surface area contributed by atoms with Gasteiger partial charge in [-0.15, -0.1) is 11.3 Å².